The summed E-state index contributed by atoms with van der Waals surface area (Å²) < 4.78 is 7.14. The third kappa shape index (κ3) is 1.59. The zero-order valence-corrected chi connectivity index (χ0v) is 5.18. The van der Waals surface area contributed by atoms with Gasteiger partial charge in [-0.3, -0.25) is 0 Å². The van der Waals surface area contributed by atoms with Gasteiger partial charge in [0.25, 0.3) is 0 Å². The molecule has 0 aromatic heterocycles. The molecule has 7 heavy (non-hydrogen) atoms. The first-order valence-electron chi connectivity index (χ1n) is 2.43. The summed E-state index contributed by atoms with van der Waals surface area (Å²) in [6.45, 7) is 3.75. The van der Waals surface area contributed by atoms with Crippen molar-refractivity contribution in [1.29, 1.82) is 0 Å². The van der Waals surface area contributed by atoms with E-state index in [-0.39, 0.29) is 0 Å². The molecule has 0 aromatic carbocycles. The van der Waals surface area contributed by atoms with Crippen molar-refractivity contribution in [3.8, 4) is 0 Å². The minimum absolute atomic E-state index is 0.865. The summed E-state index contributed by atoms with van der Waals surface area (Å²) in [6, 6.07) is 0. The van der Waals surface area contributed by atoms with Crippen LogP contribution in [-0.2, 0) is 4.74 Å². The highest BCUT2D eigenvalue weighted by Gasteiger charge is 2.02. The van der Waals surface area contributed by atoms with Gasteiger partial charge in [-0.25, -0.2) is 0 Å². The van der Waals surface area contributed by atoms with E-state index in [0.717, 1.165) is 26.3 Å². The molecule has 1 heterocycles. The van der Waals surface area contributed by atoms with Crippen molar-refractivity contribution >= 4 is 10.4 Å². The maximum atomic E-state index is 5.07. The molecule has 0 aliphatic carbocycles. The molecule has 0 aromatic rings. The van der Waals surface area contributed by atoms with Gasteiger partial charge in [-0.2, -0.15) is 0 Å². The summed E-state index contributed by atoms with van der Waals surface area (Å²) in [4.78, 5) is 0. The van der Waals surface area contributed by atoms with Crippen LogP contribution in [0.25, 0.3) is 0 Å². The Morgan fingerprint density at radius 2 is 1.86 bits per heavy atom. The second-order valence-electron chi connectivity index (χ2n) is 1.60. The minimum Gasteiger partial charge on any atom is -0.379 e. The van der Waals surface area contributed by atoms with Crippen LogP contribution < -0.4 is 0 Å². The van der Waals surface area contributed by atoms with Gasteiger partial charge in [0, 0.05) is 13.1 Å². The van der Waals surface area contributed by atoms with Gasteiger partial charge in [0.2, 0.25) is 0 Å². The fourth-order valence-electron chi connectivity index (χ4n) is 0.563. The van der Waals surface area contributed by atoms with Gasteiger partial charge in [-0.15, -0.1) is 0 Å². The lowest BCUT2D eigenvalue weighted by molar-refractivity contribution is 0.0739. The Labute approximate surface area is 47.0 Å². The quantitative estimate of drug-likeness (QED) is 0.390. The Balaban J connectivity index is 2.12. The monoisotopic (exact) mass is 114 g/mol. The molecule has 1 saturated heterocycles. The number of nitrogens with zero attached hydrogens (tertiary/aromatic N) is 1. The van der Waals surface area contributed by atoms with Gasteiger partial charge in [0.1, 0.15) is 10.4 Å². The van der Waals surface area contributed by atoms with Gasteiger partial charge >= 0.3 is 0 Å². The van der Waals surface area contributed by atoms with Crippen LogP contribution in [0.1, 0.15) is 0 Å². The van der Waals surface area contributed by atoms with Gasteiger partial charge in [0.15, 0.2) is 0 Å². The van der Waals surface area contributed by atoms with Crippen LogP contribution in [0.15, 0.2) is 0 Å². The molecule has 1 aliphatic rings. The van der Waals surface area contributed by atoms with Gasteiger partial charge in [0.05, 0.1) is 13.2 Å². The van der Waals surface area contributed by atoms with Crippen LogP contribution in [0.3, 0.4) is 0 Å². The van der Waals surface area contributed by atoms with Crippen molar-refractivity contribution in [3.63, 3.8) is 0 Å². The summed E-state index contributed by atoms with van der Waals surface area (Å²) >= 11 is 0. The molecule has 3 heteroatoms. The Morgan fingerprint density at radius 3 is 2.14 bits per heavy atom. The second-order valence-corrected chi connectivity index (χ2v) is 2.23. The predicted molar refractivity (Wildman–Crippen MR) is 28.1 cm³/mol. The molecular formula is C4H8NOSi. The van der Waals surface area contributed by atoms with E-state index < -0.39 is 0 Å². The lowest BCUT2D eigenvalue weighted by Gasteiger charge is -2.21. The van der Waals surface area contributed by atoms with Crippen molar-refractivity contribution in [2.24, 2.45) is 0 Å². The maximum absolute atomic E-state index is 5.07. The van der Waals surface area contributed by atoms with Crippen molar-refractivity contribution in [2.45, 2.75) is 0 Å². The molecule has 39 valence electrons. The number of ether oxygens (including phenoxy) is 1. The normalized spacial score (nSPS) is 25.3. The first-order chi connectivity index (χ1) is 3.39. The summed E-state index contributed by atoms with van der Waals surface area (Å²) in [6.07, 6.45) is 0. The van der Waals surface area contributed by atoms with Crippen molar-refractivity contribution in [3.05, 3.63) is 0 Å². The third-order valence-corrected chi connectivity index (χ3v) is 1.46. The predicted octanol–water partition coefficient (Wildman–Crippen LogP) is -0.598. The Morgan fingerprint density at radius 1 is 1.29 bits per heavy atom. The minimum atomic E-state index is 0.865. The largest absolute Gasteiger partial charge is 0.379 e. The zero-order chi connectivity index (χ0) is 5.11. The van der Waals surface area contributed by atoms with Crippen LogP contribution >= 0.6 is 0 Å². The molecule has 0 saturated carbocycles. The molecule has 1 aliphatic heterocycles. The molecule has 1 fully saturated rings. The molecule has 0 amide bonds. The molecule has 0 atom stereocenters. The summed E-state index contributed by atoms with van der Waals surface area (Å²) in [5.41, 5.74) is 0. The summed E-state index contributed by atoms with van der Waals surface area (Å²) in [7, 11) is 3.39. The van der Waals surface area contributed by atoms with Crippen LogP contribution in [0.2, 0.25) is 0 Å². The Kier molecular flexibility index (Phi) is 1.84. The van der Waals surface area contributed by atoms with E-state index in [1.807, 2.05) is 0 Å². The molecule has 0 unspecified atom stereocenters. The highest BCUT2D eigenvalue weighted by molar-refractivity contribution is 6.04. The molecular weight excluding hydrogens is 106 g/mol. The zero-order valence-electron chi connectivity index (χ0n) is 4.18. The fraction of sp³-hybridized carbons (Fsp3) is 1.00. The van der Waals surface area contributed by atoms with E-state index >= 15 is 0 Å². The SMILES string of the molecule is [Si]N1CCOCC1. The number of rotatable bonds is 0. The molecule has 2 nitrogen and oxygen atoms in total. The molecule has 0 bridgehead atoms. The van der Waals surface area contributed by atoms with Gasteiger partial charge < -0.3 is 9.30 Å². The molecule has 0 N–H and O–H groups in total. The number of hydrogen-bond donors (Lipinski definition) is 0. The molecule has 0 spiro atoms. The van der Waals surface area contributed by atoms with Crippen LogP contribution in [0.5, 0.6) is 0 Å². The van der Waals surface area contributed by atoms with E-state index in [9.17, 15) is 0 Å². The van der Waals surface area contributed by atoms with Crippen LogP contribution in [-0.4, -0.2) is 41.3 Å². The Hall–Kier alpha value is 0.137. The van der Waals surface area contributed by atoms with Gasteiger partial charge in [-0.1, -0.05) is 0 Å². The van der Waals surface area contributed by atoms with Crippen LogP contribution in [0.4, 0.5) is 0 Å². The third-order valence-electron chi connectivity index (χ3n) is 1.01. The number of hydrogen-bond acceptors (Lipinski definition) is 2. The van der Waals surface area contributed by atoms with Crippen LogP contribution in [0, 0.1) is 0 Å². The standard InChI is InChI=1S/C4H8NOSi/c7-5-1-3-6-4-2-5/h1-4H2. The highest BCUT2D eigenvalue weighted by atomic mass is 28.2. The van der Waals surface area contributed by atoms with Crippen molar-refractivity contribution in [2.75, 3.05) is 26.3 Å². The fourth-order valence-corrected chi connectivity index (χ4v) is 0.746. The summed E-state index contributed by atoms with van der Waals surface area (Å²) in [5.74, 6) is 0. The van der Waals surface area contributed by atoms with Gasteiger partial charge in [-0.05, 0) is 0 Å². The lowest BCUT2D eigenvalue weighted by atomic mass is 10.5. The second kappa shape index (κ2) is 2.45. The Bertz CT molecular complexity index is 53.7. The first-order valence-corrected chi connectivity index (χ1v) is 2.88. The van der Waals surface area contributed by atoms with E-state index in [2.05, 4.69) is 15.0 Å². The molecule has 3 radical (unpaired) electrons. The average Bonchev–Trinajstić information content (AvgIpc) is 1.69. The van der Waals surface area contributed by atoms with E-state index in [1.54, 1.807) is 0 Å². The topological polar surface area (TPSA) is 12.5 Å². The first kappa shape index (κ1) is 5.28. The lowest BCUT2D eigenvalue weighted by Crippen LogP contribution is -2.33. The summed E-state index contributed by atoms with van der Waals surface area (Å²) in [5, 5.41) is 0. The molecule has 1 rings (SSSR count). The van der Waals surface area contributed by atoms with E-state index in [1.165, 1.54) is 0 Å². The van der Waals surface area contributed by atoms with E-state index in [4.69, 9.17) is 4.74 Å². The number of morpholine rings is 1. The average molecular weight is 114 g/mol. The van der Waals surface area contributed by atoms with E-state index in [0.29, 0.717) is 0 Å². The smallest absolute Gasteiger partial charge is 0.143 e. The van der Waals surface area contributed by atoms with Crippen molar-refractivity contribution < 1.29 is 4.74 Å². The maximum Gasteiger partial charge on any atom is 0.143 e. The highest BCUT2D eigenvalue weighted by Crippen LogP contribution is 1.88. The van der Waals surface area contributed by atoms with Crippen molar-refractivity contribution in [1.82, 2.24) is 4.57 Å².